The first-order chi connectivity index (χ1) is 11.7. The Balaban J connectivity index is 2.55. The lowest BCUT2D eigenvalue weighted by atomic mass is 9.76. The van der Waals surface area contributed by atoms with E-state index in [4.69, 9.17) is 14.2 Å². The van der Waals surface area contributed by atoms with Crippen LogP contribution in [-0.4, -0.2) is 32.6 Å². The summed E-state index contributed by atoms with van der Waals surface area (Å²) in [5, 5.41) is 1.96. The first kappa shape index (κ1) is 18.6. The van der Waals surface area contributed by atoms with Crippen LogP contribution in [0.3, 0.4) is 0 Å². The van der Waals surface area contributed by atoms with E-state index in [1.165, 1.54) is 18.4 Å². The van der Waals surface area contributed by atoms with E-state index in [2.05, 4.69) is 0 Å². The van der Waals surface area contributed by atoms with Crippen molar-refractivity contribution >= 4 is 17.3 Å². The van der Waals surface area contributed by atoms with Gasteiger partial charge in [0.2, 0.25) is 0 Å². The average Bonchev–Trinajstić information content (AvgIpc) is 3.15. The average molecular weight is 348 g/mol. The van der Waals surface area contributed by atoms with E-state index in [0.29, 0.717) is 19.6 Å². The monoisotopic (exact) mass is 348 g/mol. The summed E-state index contributed by atoms with van der Waals surface area (Å²) < 4.78 is 16.7. The highest BCUT2D eigenvalue weighted by Crippen LogP contribution is 2.41. The van der Waals surface area contributed by atoms with Gasteiger partial charge in [-0.15, -0.1) is 11.3 Å². The zero-order valence-corrected chi connectivity index (χ0v) is 15.2. The van der Waals surface area contributed by atoms with Crippen molar-refractivity contribution in [3.8, 4) is 0 Å². The maximum absolute atomic E-state index is 13.0. The second-order valence-corrected chi connectivity index (χ2v) is 6.23. The minimum absolute atomic E-state index is 0.305. The number of hydrogen-bond acceptors (Lipinski definition) is 5. The Morgan fingerprint density at radius 1 is 1.08 bits per heavy atom. The molecule has 0 saturated carbocycles. The molecule has 130 valence electrons. The third-order valence-corrected chi connectivity index (χ3v) is 4.95. The molecule has 2 aromatic rings. The van der Waals surface area contributed by atoms with Gasteiger partial charge in [-0.3, -0.25) is 4.79 Å². The van der Waals surface area contributed by atoms with Crippen LogP contribution in [0, 0.1) is 0 Å². The minimum Gasteiger partial charge on any atom is -0.468 e. The van der Waals surface area contributed by atoms with Gasteiger partial charge in [0, 0.05) is 24.5 Å². The van der Waals surface area contributed by atoms with Gasteiger partial charge in [0.05, 0.1) is 7.11 Å². The van der Waals surface area contributed by atoms with E-state index in [0.717, 1.165) is 10.4 Å². The molecule has 5 heteroatoms. The first-order valence-electron chi connectivity index (χ1n) is 8.10. The van der Waals surface area contributed by atoms with E-state index in [9.17, 15) is 4.79 Å². The van der Waals surface area contributed by atoms with Crippen molar-refractivity contribution in [2.75, 3.05) is 20.3 Å². The molecule has 0 fully saturated rings. The normalized spacial score (nSPS) is 13.7. The van der Waals surface area contributed by atoms with Crippen LogP contribution in [0.1, 0.15) is 30.7 Å². The molecule has 24 heavy (non-hydrogen) atoms. The van der Waals surface area contributed by atoms with Crippen molar-refractivity contribution in [1.29, 1.82) is 0 Å². The van der Waals surface area contributed by atoms with Crippen molar-refractivity contribution in [2.24, 2.45) is 0 Å². The van der Waals surface area contributed by atoms with Gasteiger partial charge in [-0.25, -0.2) is 0 Å². The molecule has 0 aliphatic carbocycles. The lowest BCUT2D eigenvalue weighted by Crippen LogP contribution is -2.42. The Bertz CT molecular complexity index is 606. The molecule has 1 atom stereocenters. The summed E-state index contributed by atoms with van der Waals surface area (Å²) >= 11 is 1.53. The smallest absolute Gasteiger partial charge is 0.321 e. The molecule has 1 aromatic heterocycles. The van der Waals surface area contributed by atoms with Gasteiger partial charge in [-0.1, -0.05) is 36.4 Å². The largest absolute Gasteiger partial charge is 0.468 e. The summed E-state index contributed by atoms with van der Waals surface area (Å²) in [5.41, 5.74) is -0.0668. The van der Waals surface area contributed by atoms with Crippen LogP contribution in [0.5, 0.6) is 0 Å². The van der Waals surface area contributed by atoms with Crippen LogP contribution in [0.15, 0.2) is 47.8 Å². The summed E-state index contributed by atoms with van der Waals surface area (Å²) in [6.45, 7) is 4.86. The summed E-state index contributed by atoms with van der Waals surface area (Å²) in [5.74, 6) is -0.305. The highest BCUT2D eigenvalue weighted by Gasteiger charge is 2.46. The van der Waals surface area contributed by atoms with Crippen LogP contribution in [0.4, 0.5) is 0 Å². The number of carbonyl (C=O) groups is 1. The number of rotatable bonds is 9. The van der Waals surface area contributed by atoms with Crippen LogP contribution in [-0.2, 0) is 24.4 Å². The van der Waals surface area contributed by atoms with E-state index >= 15 is 0 Å². The Kier molecular flexibility index (Phi) is 6.97. The van der Waals surface area contributed by atoms with Crippen LogP contribution in [0.2, 0.25) is 0 Å². The third-order valence-electron chi connectivity index (χ3n) is 3.92. The number of hydrogen-bond donors (Lipinski definition) is 0. The van der Waals surface area contributed by atoms with E-state index in [1.54, 1.807) is 0 Å². The maximum atomic E-state index is 13.0. The molecule has 0 saturated heterocycles. The molecule has 1 aromatic carbocycles. The Hall–Kier alpha value is -1.69. The van der Waals surface area contributed by atoms with Crippen LogP contribution >= 0.6 is 11.3 Å². The van der Waals surface area contributed by atoms with E-state index in [1.807, 2.05) is 61.7 Å². The molecule has 0 aliphatic heterocycles. The number of carbonyl (C=O) groups excluding carboxylic acids is 1. The van der Waals surface area contributed by atoms with Gasteiger partial charge in [-0.05, 0) is 30.9 Å². The lowest BCUT2D eigenvalue weighted by Gasteiger charge is -2.33. The molecule has 0 bridgehead atoms. The van der Waals surface area contributed by atoms with Gasteiger partial charge in [0.25, 0.3) is 0 Å². The van der Waals surface area contributed by atoms with Gasteiger partial charge in [-0.2, -0.15) is 0 Å². The van der Waals surface area contributed by atoms with Gasteiger partial charge in [0.15, 0.2) is 6.29 Å². The second-order valence-electron chi connectivity index (χ2n) is 5.28. The number of ether oxygens (including phenoxy) is 3. The molecule has 4 nitrogen and oxygen atoms in total. The van der Waals surface area contributed by atoms with Crippen molar-refractivity contribution < 1.29 is 19.0 Å². The van der Waals surface area contributed by atoms with Crippen molar-refractivity contribution in [2.45, 2.75) is 32.0 Å². The summed E-state index contributed by atoms with van der Waals surface area (Å²) in [6, 6.07) is 13.6. The molecule has 0 spiro atoms. The standard InChI is InChI=1S/C19H24O4S/c1-4-22-17(23-5-2)14-19(18(20)21-3,16-12-9-13-24-16)15-10-7-6-8-11-15/h6-13,17H,4-5,14H2,1-3H3. The van der Waals surface area contributed by atoms with Gasteiger partial charge in [0.1, 0.15) is 5.41 Å². The fourth-order valence-corrected chi connectivity index (χ4v) is 3.82. The fraction of sp³-hybridized carbons (Fsp3) is 0.421. The molecular formula is C19H24O4S. The van der Waals surface area contributed by atoms with Crippen LogP contribution < -0.4 is 0 Å². The molecule has 0 aliphatic rings. The Labute approximate surface area is 147 Å². The number of benzene rings is 1. The Morgan fingerprint density at radius 3 is 2.25 bits per heavy atom. The maximum Gasteiger partial charge on any atom is 0.321 e. The van der Waals surface area contributed by atoms with Crippen molar-refractivity contribution in [3.05, 3.63) is 58.3 Å². The first-order valence-corrected chi connectivity index (χ1v) is 8.98. The zero-order chi connectivity index (χ0) is 17.4. The summed E-state index contributed by atoms with van der Waals surface area (Å²) in [7, 11) is 1.42. The van der Waals surface area contributed by atoms with Crippen molar-refractivity contribution in [3.63, 3.8) is 0 Å². The molecule has 0 amide bonds. The predicted molar refractivity (Wildman–Crippen MR) is 95.2 cm³/mol. The number of esters is 1. The zero-order valence-electron chi connectivity index (χ0n) is 14.4. The predicted octanol–water partition coefficient (Wildman–Crippen LogP) is 4.00. The SMILES string of the molecule is CCOC(CC(C(=O)OC)(c1ccccc1)c1cccs1)OCC. The number of methoxy groups -OCH3 is 1. The topological polar surface area (TPSA) is 44.8 Å². The van der Waals surface area contributed by atoms with Crippen LogP contribution in [0.25, 0.3) is 0 Å². The highest BCUT2D eigenvalue weighted by molar-refractivity contribution is 7.10. The lowest BCUT2D eigenvalue weighted by molar-refractivity contribution is -0.163. The molecular weight excluding hydrogens is 324 g/mol. The molecule has 2 rings (SSSR count). The molecule has 0 N–H and O–H groups in total. The number of thiophene rings is 1. The molecule has 1 unspecified atom stereocenters. The minimum atomic E-state index is -0.945. The van der Waals surface area contributed by atoms with E-state index in [-0.39, 0.29) is 5.97 Å². The third kappa shape index (κ3) is 3.86. The molecule has 1 heterocycles. The highest BCUT2D eigenvalue weighted by atomic mass is 32.1. The quantitative estimate of drug-likeness (QED) is 0.508. The van der Waals surface area contributed by atoms with E-state index < -0.39 is 11.7 Å². The van der Waals surface area contributed by atoms with Crippen molar-refractivity contribution in [1.82, 2.24) is 0 Å². The fourth-order valence-electron chi connectivity index (χ4n) is 2.87. The molecule has 0 radical (unpaired) electrons. The van der Waals surface area contributed by atoms with Gasteiger partial charge >= 0.3 is 5.97 Å². The summed E-state index contributed by atoms with van der Waals surface area (Å²) in [6.07, 6.45) is -0.118. The van der Waals surface area contributed by atoms with Gasteiger partial charge < -0.3 is 14.2 Å². The second kappa shape index (κ2) is 8.97. The Morgan fingerprint density at radius 2 is 1.75 bits per heavy atom. The summed E-state index contributed by atoms with van der Waals surface area (Å²) in [4.78, 5) is 13.9.